The fourth-order valence-electron chi connectivity index (χ4n) is 3.98. The van der Waals surface area contributed by atoms with Crippen molar-refractivity contribution in [2.24, 2.45) is 5.92 Å². The topological polar surface area (TPSA) is 104 Å². The smallest absolute Gasteiger partial charge is 0.274 e. The average Bonchev–Trinajstić information content (AvgIpc) is 3.57. The van der Waals surface area contributed by atoms with Gasteiger partial charge in [0.05, 0.1) is 12.8 Å². The van der Waals surface area contributed by atoms with Gasteiger partial charge in [0.2, 0.25) is 11.7 Å². The van der Waals surface area contributed by atoms with Crippen molar-refractivity contribution in [1.29, 1.82) is 0 Å². The van der Waals surface area contributed by atoms with Crippen molar-refractivity contribution in [3.8, 4) is 11.4 Å². The number of methoxy groups -OCH3 is 1. The average molecular weight is 447 g/mol. The summed E-state index contributed by atoms with van der Waals surface area (Å²) in [6, 6.07) is 9.52. The summed E-state index contributed by atoms with van der Waals surface area (Å²) in [7, 11) is 1.64. The van der Waals surface area contributed by atoms with E-state index in [0.717, 1.165) is 36.3 Å². The molecule has 1 saturated heterocycles. The molecule has 1 fully saturated rings. The molecule has 33 heavy (non-hydrogen) atoms. The number of nitrogens with one attached hydrogen (secondary N) is 1. The second-order valence-electron chi connectivity index (χ2n) is 8.27. The lowest BCUT2D eigenvalue weighted by Gasteiger charge is -2.10. The number of hydrogen-bond donors (Lipinski definition) is 1. The molecule has 1 atom stereocenters. The van der Waals surface area contributed by atoms with Gasteiger partial charge in [-0.05, 0) is 48.6 Å². The molecule has 0 spiro atoms. The highest BCUT2D eigenvalue weighted by molar-refractivity contribution is 6.04. The summed E-state index contributed by atoms with van der Waals surface area (Å²) in [4.78, 5) is 21.9. The zero-order chi connectivity index (χ0) is 22.8. The van der Waals surface area contributed by atoms with Crippen LogP contribution < -0.4 is 5.32 Å². The Bertz CT molecular complexity index is 1290. The SMILES string of the molecule is COCc1ccn2c(C(=O)Nc3cc(-c4noc(C[C@@H]5CCOC5)n4)ccc3C)cnc2c1. The van der Waals surface area contributed by atoms with Gasteiger partial charge in [-0.3, -0.25) is 9.20 Å². The lowest BCUT2D eigenvalue weighted by atomic mass is 10.1. The van der Waals surface area contributed by atoms with Crippen LogP contribution in [0.4, 0.5) is 5.69 Å². The Balaban J connectivity index is 1.35. The first kappa shape index (κ1) is 21.3. The fraction of sp³-hybridized carbons (Fsp3) is 0.333. The number of hydrogen-bond acceptors (Lipinski definition) is 7. The van der Waals surface area contributed by atoms with Gasteiger partial charge in [-0.1, -0.05) is 17.3 Å². The third-order valence-corrected chi connectivity index (χ3v) is 5.82. The molecule has 4 aromatic rings. The Hall–Kier alpha value is -3.56. The van der Waals surface area contributed by atoms with Crippen molar-refractivity contribution in [3.05, 3.63) is 65.4 Å². The van der Waals surface area contributed by atoms with Crippen LogP contribution in [0.3, 0.4) is 0 Å². The molecule has 1 amide bonds. The number of aryl methyl sites for hydroxylation is 1. The normalized spacial score (nSPS) is 15.9. The van der Waals surface area contributed by atoms with Gasteiger partial charge in [0.15, 0.2) is 0 Å². The van der Waals surface area contributed by atoms with Crippen molar-refractivity contribution < 1.29 is 18.8 Å². The molecule has 0 unspecified atom stereocenters. The van der Waals surface area contributed by atoms with E-state index in [1.165, 1.54) is 0 Å². The first-order chi connectivity index (χ1) is 16.1. The van der Waals surface area contributed by atoms with Gasteiger partial charge in [-0.15, -0.1) is 0 Å². The first-order valence-electron chi connectivity index (χ1n) is 10.9. The molecule has 170 valence electrons. The van der Waals surface area contributed by atoms with Crippen LogP contribution in [0.5, 0.6) is 0 Å². The number of benzene rings is 1. The number of anilines is 1. The number of amides is 1. The van der Waals surface area contributed by atoms with Gasteiger partial charge < -0.3 is 19.3 Å². The molecule has 1 aliphatic rings. The Morgan fingerprint density at radius 1 is 1.30 bits per heavy atom. The number of nitrogens with zero attached hydrogens (tertiary/aromatic N) is 4. The summed E-state index contributed by atoms with van der Waals surface area (Å²) in [6.45, 7) is 3.94. The second kappa shape index (κ2) is 9.13. The minimum absolute atomic E-state index is 0.253. The van der Waals surface area contributed by atoms with Gasteiger partial charge in [0.25, 0.3) is 5.91 Å². The first-order valence-corrected chi connectivity index (χ1v) is 10.9. The monoisotopic (exact) mass is 447 g/mol. The van der Waals surface area contributed by atoms with Crippen LogP contribution >= 0.6 is 0 Å². The zero-order valence-electron chi connectivity index (χ0n) is 18.6. The van der Waals surface area contributed by atoms with Crippen molar-refractivity contribution in [1.82, 2.24) is 19.5 Å². The molecule has 0 bridgehead atoms. The maximum absolute atomic E-state index is 13.0. The van der Waals surface area contributed by atoms with Gasteiger partial charge in [-0.2, -0.15) is 4.98 Å². The van der Waals surface area contributed by atoms with E-state index < -0.39 is 0 Å². The number of carbonyl (C=O) groups is 1. The summed E-state index contributed by atoms with van der Waals surface area (Å²) < 4.78 is 17.8. The predicted octanol–water partition coefficient (Wildman–Crippen LogP) is 3.67. The van der Waals surface area contributed by atoms with Crippen molar-refractivity contribution in [2.45, 2.75) is 26.4 Å². The van der Waals surface area contributed by atoms with E-state index >= 15 is 0 Å². The van der Waals surface area contributed by atoms with Crippen LogP contribution in [-0.2, 0) is 22.5 Å². The Labute approximate surface area is 190 Å². The molecule has 1 N–H and O–H groups in total. The van der Waals surface area contributed by atoms with Gasteiger partial charge in [0, 0.05) is 44.2 Å². The van der Waals surface area contributed by atoms with Crippen LogP contribution in [0.15, 0.2) is 47.2 Å². The molecule has 5 rings (SSSR count). The number of imidazole rings is 1. The number of fused-ring (bicyclic) bond motifs is 1. The molecule has 3 aromatic heterocycles. The highest BCUT2D eigenvalue weighted by Gasteiger charge is 2.20. The lowest BCUT2D eigenvalue weighted by Crippen LogP contribution is -2.15. The fourth-order valence-corrected chi connectivity index (χ4v) is 3.98. The standard InChI is InChI=1S/C24H25N5O4/c1-15-3-4-18(23-27-22(33-28-23)10-17-6-8-32-14-17)11-19(15)26-24(30)20-12-25-21-9-16(13-31-2)5-7-29(20)21/h3-5,7,9,11-12,17H,6,8,10,13-14H2,1-2H3,(H,26,30)/t17-/m0/s1. The summed E-state index contributed by atoms with van der Waals surface area (Å²) in [5, 5.41) is 7.12. The van der Waals surface area contributed by atoms with Crippen molar-refractivity contribution in [3.63, 3.8) is 0 Å². The lowest BCUT2D eigenvalue weighted by molar-refractivity contribution is 0.102. The summed E-state index contributed by atoms with van der Waals surface area (Å²) in [5.74, 6) is 1.27. The number of carbonyl (C=O) groups excluding carboxylic acids is 1. The van der Waals surface area contributed by atoms with Crippen LogP contribution in [-0.4, -0.2) is 45.8 Å². The molecule has 9 nitrogen and oxygen atoms in total. The highest BCUT2D eigenvalue weighted by Crippen LogP contribution is 2.25. The highest BCUT2D eigenvalue weighted by atomic mass is 16.5. The quantitative estimate of drug-likeness (QED) is 0.461. The molecule has 0 radical (unpaired) electrons. The maximum atomic E-state index is 13.0. The third kappa shape index (κ3) is 4.50. The number of ether oxygens (including phenoxy) is 2. The van der Waals surface area contributed by atoms with E-state index in [1.807, 2.05) is 43.5 Å². The van der Waals surface area contributed by atoms with Crippen LogP contribution in [0.25, 0.3) is 17.0 Å². The van der Waals surface area contributed by atoms with Crippen LogP contribution in [0, 0.1) is 12.8 Å². The minimum atomic E-state index is -0.253. The largest absolute Gasteiger partial charge is 0.381 e. The van der Waals surface area contributed by atoms with Gasteiger partial charge in [-0.25, -0.2) is 4.98 Å². The summed E-state index contributed by atoms with van der Waals surface area (Å²) in [6.07, 6.45) is 5.11. The molecule has 9 heteroatoms. The molecule has 1 aromatic carbocycles. The van der Waals surface area contributed by atoms with E-state index in [2.05, 4.69) is 20.4 Å². The molecular formula is C24H25N5O4. The van der Waals surface area contributed by atoms with E-state index in [9.17, 15) is 4.79 Å². The second-order valence-corrected chi connectivity index (χ2v) is 8.27. The van der Waals surface area contributed by atoms with E-state index in [4.69, 9.17) is 14.0 Å². The predicted molar refractivity (Wildman–Crippen MR) is 121 cm³/mol. The summed E-state index contributed by atoms with van der Waals surface area (Å²) >= 11 is 0. The minimum Gasteiger partial charge on any atom is -0.381 e. The Morgan fingerprint density at radius 3 is 3.03 bits per heavy atom. The van der Waals surface area contributed by atoms with E-state index in [-0.39, 0.29) is 5.91 Å². The molecule has 0 aliphatic carbocycles. The van der Waals surface area contributed by atoms with Crippen LogP contribution in [0.2, 0.25) is 0 Å². The van der Waals surface area contributed by atoms with Crippen molar-refractivity contribution >= 4 is 17.2 Å². The van der Waals surface area contributed by atoms with Gasteiger partial charge >= 0.3 is 0 Å². The number of pyridine rings is 1. The Morgan fingerprint density at radius 2 is 2.21 bits per heavy atom. The number of aromatic nitrogens is 4. The zero-order valence-corrected chi connectivity index (χ0v) is 18.6. The molecule has 0 saturated carbocycles. The number of rotatable bonds is 7. The Kier molecular flexibility index (Phi) is 5.89. The third-order valence-electron chi connectivity index (χ3n) is 5.82. The maximum Gasteiger partial charge on any atom is 0.274 e. The van der Waals surface area contributed by atoms with E-state index in [0.29, 0.717) is 47.7 Å². The molecular weight excluding hydrogens is 422 g/mol. The molecule has 1 aliphatic heterocycles. The van der Waals surface area contributed by atoms with Gasteiger partial charge in [0.1, 0.15) is 11.3 Å². The van der Waals surface area contributed by atoms with E-state index in [1.54, 1.807) is 17.7 Å². The van der Waals surface area contributed by atoms with Crippen LogP contribution in [0.1, 0.15) is 33.9 Å². The summed E-state index contributed by atoms with van der Waals surface area (Å²) in [5.41, 5.74) is 4.50. The molecule has 4 heterocycles. The van der Waals surface area contributed by atoms with Crippen molar-refractivity contribution in [2.75, 3.05) is 25.6 Å².